The second kappa shape index (κ2) is 8.77. The molecule has 0 saturated carbocycles. The van der Waals surface area contributed by atoms with Crippen molar-refractivity contribution in [1.82, 2.24) is 9.71 Å². The Morgan fingerprint density at radius 1 is 1.21 bits per heavy atom. The van der Waals surface area contributed by atoms with Gasteiger partial charge in [0.1, 0.15) is 5.82 Å². The molecule has 0 spiro atoms. The number of nitrogens with one attached hydrogen (secondary N) is 1. The van der Waals surface area contributed by atoms with E-state index in [4.69, 9.17) is 11.6 Å². The highest BCUT2D eigenvalue weighted by Gasteiger charge is 2.18. The average Bonchev–Trinajstić information content (AvgIpc) is 2.66. The topological polar surface area (TPSA) is 76.1 Å². The number of hydrogen-bond donors (Lipinski definition) is 2. The SMILES string of the molecule is Cc1cnc2ccc(C(=O)c3cc(F)cc(CCCN[SH](=O)=O)c3Cl)cc2c1. The van der Waals surface area contributed by atoms with E-state index in [1.807, 2.05) is 13.0 Å². The summed E-state index contributed by atoms with van der Waals surface area (Å²) >= 11 is 6.37. The fraction of sp³-hybridized carbons (Fsp3) is 0.200. The first-order valence-electron chi connectivity index (χ1n) is 8.62. The first-order valence-corrected chi connectivity index (χ1v) is 10.2. The van der Waals surface area contributed by atoms with E-state index < -0.39 is 16.7 Å². The minimum absolute atomic E-state index is 0.0829. The van der Waals surface area contributed by atoms with Gasteiger partial charge in [-0.25, -0.2) is 17.5 Å². The summed E-state index contributed by atoms with van der Waals surface area (Å²) in [6, 6.07) is 9.41. The number of halogens is 2. The van der Waals surface area contributed by atoms with Crippen molar-refractivity contribution in [2.24, 2.45) is 0 Å². The van der Waals surface area contributed by atoms with Gasteiger partial charge >= 0.3 is 0 Å². The van der Waals surface area contributed by atoms with Crippen LogP contribution in [0, 0.1) is 12.7 Å². The Labute approximate surface area is 168 Å². The molecule has 146 valence electrons. The fourth-order valence-electron chi connectivity index (χ4n) is 2.98. The molecule has 0 fully saturated rings. The summed E-state index contributed by atoms with van der Waals surface area (Å²) in [6.45, 7) is 2.13. The van der Waals surface area contributed by atoms with Crippen LogP contribution in [0.2, 0.25) is 5.02 Å². The van der Waals surface area contributed by atoms with Gasteiger partial charge in [0.2, 0.25) is 10.9 Å². The van der Waals surface area contributed by atoms with Gasteiger partial charge in [-0.15, -0.1) is 0 Å². The molecule has 0 aliphatic rings. The van der Waals surface area contributed by atoms with E-state index in [9.17, 15) is 17.6 Å². The Balaban J connectivity index is 1.90. The zero-order valence-corrected chi connectivity index (χ0v) is 16.7. The molecular formula is C20H18ClFN2O3S. The maximum absolute atomic E-state index is 14.1. The Bertz CT molecular complexity index is 1120. The number of aryl methyl sites for hydroxylation is 2. The summed E-state index contributed by atoms with van der Waals surface area (Å²) in [5.41, 5.74) is 2.67. The fourth-order valence-corrected chi connectivity index (χ4v) is 3.61. The van der Waals surface area contributed by atoms with Crippen LogP contribution in [0.3, 0.4) is 0 Å². The van der Waals surface area contributed by atoms with Crippen LogP contribution in [0.1, 0.15) is 33.5 Å². The normalized spacial score (nSPS) is 11.3. The highest BCUT2D eigenvalue weighted by atomic mass is 35.5. The van der Waals surface area contributed by atoms with Crippen LogP contribution < -0.4 is 4.72 Å². The number of hydrogen-bond acceptors (Lipinski definition) is 4. The molecule has 0 amide bonds. The molecule has 2 aromatic carbocycles. The van der Waals surface area contributed by atoms with Crippen molar-refractivity contribution in [3.05, 3.63) is 75.7 Å². The Hall–Kier alpha value is -2.35. The maximum atomic E-state index is 14.1. The maximum Gasteiger partial charge on any atom is 0.201 e. The molecular weight excluding hydrogens is 403 g/mol. The van der Waals surface area contributed by atoms with Gasteiger partial charge in [-0.2, -0.15) is 0 Å². The number of pyridine rings is 1. The van der Waals surface area contributed by atoms with E-state index in [1.165, 1.54) is 6.07 Å². The van der Waals surface area contributed by atoms with Crippen LogP contribution in [0.25, 0.3) is 10.9 Å². The molecule has 1 N–H and O–H groups in total. The minimum Gasteiger partial charge on any atom is -0.289 e. The zero-order chi connectivity index (χ0) is 20.3. The Morgan fingerprint density at radius 2 is 2.00 bits per heavy atom. The van der Waals surface area contributed by atoms with E-state index in [-0.39, 0.29) is 22.9 Å². The molecule has 5 nitrogen and oxygen atoms in total. The van der Waals surface area contributed by atoms with Gasteiger partial charge in [-0.1, -0.05) is 11.6 Å². The zero-order valence-electron chi connectivity index (χ0n) is 15.0. The predicted molar refractivity (Wildman–Crippen MR) is 108 cm³/mol. The summed E-state index contributed by atoms with van der Waals surface area (Å²) in [5.74, 6) is -0.946. The lowest BCUT2D eigenvalue weighted by Gasteiger charge is -2.10. The molecule has 0 atom stereocenters. The van der Waals surface area contributed by atoms with Gasteiger partial charge in [-0.05, 0) is 67.3 Å². The highest BCUT2D eigenvalue weighted by Crippen LogP contribution is 2.27. The van der Waals surface area contributed by atoms with Crippen LogP contribution in [0.5, 0.6) is 0 Å². The van der Waals surface area contributed by atoms with Crippen LogP contribution in [-0.4, -0.2) is 25.7 Å². The number of aromatic nitrogens is 1. The first kappa shape index (κ1) is 20.4. The van der Waals surface area contributed by atoms with E-state index >= 15 is 0 Å². The Morgan fingerprint density at radius 3 is 2.75 bits per heavy atom. The Kier molecular flexibility index (Phi) is 6.39. The molecule has 3 aromatic rings. The average molecular weight is 421 g/mol. The van der Waals surface area contributed by atoms with Gasteiger partial charge in [0.25, 0.3) is 0 Å². The molecule has 0 unspecified atom stereocenters. The summed E-state index contributed by atoms with van der Waals surface area (Å²) in [7, 11) is -2.68. The van der Waals surface area contributed by atoms with Crippen molar-refractivity contribution in [2.75, 3.05) is 6.54 Å². The second-order valence-electron chi connectivity index (χ2n) is 6.44. The quantitative estimate of drug-likeness (QED) is 0.348. The molecule has 0 bridgehead atoms. The van der Waals surface area contributed by atoms with Crippen LogP contribution in [0.4, 0.5) is 4.39 Å². The third-order valence-corrected chi connectivity index (χ3v) is 5.23. The molecule has 0 aliphatic carbocycles. The van der Waals surface area contributed by atoms with Crippen LogP contribution >= 0.6 is 11.6 Å². The number of fused-ring (bicyclic) bond motifs is 1. The minimum atomic E-state index is -2.68. The highest BCUT2D eigenvalue weighted by molar-refractivity contribution is 7.70. The summed E-state index contributed by atoms with van der Waals surface area (Å²) < 4.78 is 37.4. The standard InChI is InChI=1S/C20H18ClFN2O3S/c1-12-7-15-8-14(4-5-18(15)23-11-12)20(25)17-10-16(22)9-13(19(17)21)3-2-6-24-28(26)27/h4-5,7-11,28H,2-3,6H2,1H3,(H,24,26,27). The van der Waals surface area contributed by atoms with Crippen molar-refractivity contribution in [3.8, 4) is 0 Å². The molecule has 0 radical (unpaired) electrons. The lowest BCUT2D eigenvalue weighted by Crippen LogP contribution is -2.13. The lowest BCUT2D eigenvalue weighted by atomic mass is 9.98. The van der Waals surface area contributed by atoms with Crippen molar-refractivity contribution in [1.29, 1.82) is 0 Å². The van der Waals surface area contributed by atoms with Crippen molar-refractivity contribution in [3.63, 3.8) is 0 Å². The van der Waals surface area contributed by atoms with E-state index in [0.29, 0.717) is 24.0 Å². The van der Waals surface area contributed by atoms with Gasteiger partial charge in [-0.3, -0.25) is 9.78 Å². The number of nitrogens with zero attached hydrogens (tertiary/aromatic N) is 1. The molecule has 8 heteroatoms. The summed E-state index contributed by atoms with van der Waals surface area (Å²) in [4.78, 5) is 17.3. The number of benzene rings is 2. The number of rotatable bonds is 7. The molecule has 1 aromatic heterocycles. The van der Waals surface area contributed by atoms with Crippen molar-refractivity contribution >= 4 is 39.2 Å². The van der Waals surface area contributed by atoms with Gasteiger partial charge in [0.15, 0.2) is 5.78 Å². The smallest absolute Gasteiger partial charge is 0.201 e. The van der Waals surface area contributed by atoms with Crippen molar-refractivity contribution in [2.45, 2.75) is 19.8 Å². The molecule has 0 aliphatic heterocycles. The second-order valence-corrected chi connectivity index (χ2v) is 7.65. The molecule has 3 rings (SSSR count). The molecule has 1 heterocycles. The van der Waals surface area contributed by atoms with Gasteiger partial charge < -0.3 is 0 Å². The summed E-state index contributed by atoms with van der Waals surface area (Å²) in [5, 5.41) is 0.997. The monoisotopic (exact) mass is 420 g/mol. The number of carbonyl (C=O) groups excluding carboxylic acids is 1. The number of thiol groups is 1. The predicted octanol–water partition coefficient (Wildman–Crippen LogP) is 3.62. The van der Waals surface area contributed by atoms with E-state index in [0.717, 1.165) is 22.5 Å². The summed E-state index contributed by atoms with van der Waals surface area (Å²) in [6.07, 6.45) is 2.52. The third kappa shape index (κ3) is 4.73. The van der Waals surface area contributed by atoms with Crippen LogP contribution in [-0.2, 0) is 17.3 Å². The van der Waals surface area contributed by atoms with E-state index in [2.05, 4.69) is 9.71 Å². The number of ketones is 1. The first-order chi connectivity index (χ1) is 13.3. The molecule has 0 saturated heterocycles. The van der Waals surface area contributed by atoms with Crippen LogP contribution in [0.15, 0.2) is 42.6 Å². The lowest BCUT2D eigenvalue weighted by molar-refractivity contribution is 0.103. The van der Waals surface area contributed by atoms with Gasteiger partial charge in [0.05, 0.1) is 10.5 Å². The third-order valence-electron chi connectivity index (χ3n) is 4.30. The van der Waals surface area contributed by atoms with Gasteiger partial charge in [0, 0.05) is 29.3 Å². The van der Waals surface area contributed by atoms with E-state index in [1.54, 1.807) is 24.4 Å². The molecule has 28 heavy (non-hydrogen) atoms. The largest absolute Gasteiger partial charge is 0.289 e. The van der Waals surface area contributed by atoms with Crippen molar-refractivity contribution < 1.29 is 17.6 Å². The number of carbonyl (C=O) groups is 1.